The first-order chi connectivity index (χ1) is 15.7. The molecule has 0 saturated carbocycles. The Bertz CT molecular complexity index is 1410. The molecule has 0 spiro atoms. The predicted octanol–water partition coefficient (Wildman–Crippen LogP) is 3.73. The number of rotatable bonds is 6. The zero-order valence-electron chi connectivity index (χ0n) is 16.7. The van der Waals surface area contributed by atoms with Gasteiger partial charge in [-0.05, 0) is 18.2 Å². The van der Waals surface area contributed by atoms with Gasteiger partial charge < -0.3 is 13.6 Å². The summed E-state index contributed by atoms with van der Waals surface area (Å²) in [5, 5.41) is 0. The van der Waals surface area contributed by atoms with Crippen LogP contribution in [0.2, 0.25) is 0 Å². The molecule has 0 aliphatic heterocycles. The van der Waals surface area contributed by atoms with Crippen molar-refractivity contribution in [3.63, 3.8) is 0 Å². The van der Waals surface area contributed by atoms with E-state index in [0.29, 0.717) is 52.4 Å². The van der Waals surface area contributed by atoms with Gasteiger partial charge in [0, 0.05) is 6.07 Å². The molecule has 0 atom stereocenters. The smallest absolute Gasteiger partial charge is 0.245 e. The van der Waals surface area contributed by atoms with Crippen molar-refractivity contribution >= 4 is 6.29 Å². The van der Waals surface area contributed by atoms with Crippen LogP contribution in [0, 0.1) is 0 Å². The first-order valence-corrected chi connectivity index (χ1v) is 9.42. The molecule has 0 amide bonds. The third kappa shape index (κ3) is 3.72. The maximum Gasteiger partial charge on any atom is 0.245 e. The van der Waals surface area contributed by atoms with Gasteiger partial charge in [-0.15, -0.1) is 0 Å². The average Bonchev–Trinajstić information content (AvgIpc) is 3.55. The number of methoxy groups -OCH3 is 1. The molecule has 0 bridgehead atoms. The first kappa shape index (κ1) is 19.2. The van der Waals surface area contributed by atoms with Crippen molar-refractivity contribution in [3.8, 4) is 52.0 Å². The fraction of sp³-hybridized carbons (Fsp3) is 0.0455. The predicted molar refractivity (Wildman–Crippen MR) is 111 cm³/mol. The molecule has 5 heterocycles. The number of aldehydes is 1. The zero-order chi connectivity index (χ0) is 21.9. The highest BCUT2D eigenvalue weighted by Gasteiger charge is 2.15. The minimum Gasteiger partial charge on any atom is -0.481 e. The van der Waals surface area contributed by atoms with Gasteiger partial charge in [-0.3, -0.25) is 9.78 Å². The van der Waals surface area contributed by atoms with Gasteiger partial charge in [0.1, 0.15) is 28.5 Å². The van der Waals surface area contributed by atoms with Crippen molar-refractivity contribution in [1.82, 2.24) is 29.9 Å². The van der Waals surface area contributed by atoms with E-state index < -0.39 is 0 Å². The van der Waals surface area contributed by atoms with Gasteiger partial charge in [-0.1, -0.05) is 12.1 Å². The van der Waals surface area contributed by atoms with Crippen molar-refractivity contribution in [2.24, 2.45) is 0 Å². The van der Waals surface area contributed by atoms with E-state index in [0.717, 1.165) is 0 Å². The minimum absolute atomic E-state index is 0.266. The number of aromatic nitrogens is 6. The van der Waals surface area contributed by atoms with Gasteiger partial charge in [-0.25, -0.2) is 24.9 Å². The number of hydrogen-bond acceptors (Lipinski definition) is 10. The average molecular weight is 426 g/mol. The summed E-state index contributed by atoms with van der Waals surface area (Å²) in [7, 11) is 1.54. The van der Waals surface area contributed by atoms with Crippen LogP contribution in [0.1, 0.15) is 10.5 Å². The first-order valence-electron chi connectivity index (χ1n) is 9.42. The Kier molecular flexibility index (Phi) is 4.92. The lowest BCUT2D eigenvalue weighted by Gasteiger charge is -2.00. The van der Waals surface area contributed by atoms with E-state index in [2.05, 4.69) is 29.9 Å². The number of ether oxygens (including phenoxy) is 1. The summed E-state index contributed by atoms with van der Waals surface area (Å²) in [6, 6.07) is 10.3. The standard InChI is InChI=1S/C22H14N6O4/c1-30-20-7-3-6-15(28-20)22-25-11-19(32-22)17-9-23-8-16(27-17)18-10-24-21(31-18)14-5-2-4-13(12-29)26-14/h2-12H,1H3. The molecule has 156 valence electrons. The minimum atomic E-state index is 0.266. The van der Waals surface area contributed by atoms with Crippen LogP contribution in [-0.4, -0.2) is 43.3 Å². The quantitative estimate of drug-likeness (QED) is 0.370. The molecule has 0 fully saturated rings. The summed E-state index contributed by atoms with van der Waals surface area (Å²) < 4.78 is 16.7. The van der Waals surface area contributed by atoms with Gasteiger partial charge in [0.15, 0.2) is 17.8 Å². The molecule has 5 rings (SSSR count). The molecular weight excluding hydrogens is 412 g/mol. The summed E-state index contributed by atoms with van der Waals surface area (Å²) in [6.45, 7) is 0. The van der Waals surface area contributed by atoms with Crippen LogP contribution in [0.25, 0.3) is 46.1 Å². The third-order valence-electron chi connectivity index (χ3n) is 4.41. The monoisotopic (exact) mass is 426 g/mol. The van der Waals surface area contributed by atoms with E-state index in [9.17, 15) is 4.79 Å². The Morgan fingerprint density at radius 1 is 0.750 bits per heavy atom. The Hall–Kier alpha value is -4.73. The highest BCUT2D eigenvalue weighted by atomic mass is 16.5. The molecule has 0 unspecified atom stereocenters. The molecule has 0 aromatic carbocycles. The van der Waals surface area contributed by atoms with E-state index in [1.54, 1.807) is 55.0 Å². The van der Waals surface area contributed by atoms with Gasteiger partial charge in [0.05, 0.1) is 31.9 Å². The second-order valence-electron chi connectivity index (χ2n) is 6.48. The van der Waals surface area contributed by atoms with Crippen molar-refractivity contribution in [2.45, 2.75) is 0 Å². The van der Waals surface area contributed by atoms with Gasteiger partial charge in [-0.2, -0.15) is 0 Å². The molecule has 10 heteroatoms. The SMILES string of the molecule is COc1cccc(-c2ncc(-c3cncc(-c4cnc(-c5cccc(C=O)n5)o4)n3)o2)n1. The zero-order valence-corrected chi connectivity index (χ0v) is 16.7. The number of hydrogen-bond donors (Lipinski definition) is 0. The molecule has 0 N–H and O–H groups in total. The Labute approximate surface area is 181 Å². The fourth-order valence-corrected chi connectivity index (χ4v) is 2.91. The molecular formula is C22H14N6O4. The van der Waals surface area contributed by atoms with E-state index in [4.69, 9.17) is 13.6 Å². The Morgan fingerprint density at radius 3 is 2.00 bits per heavy atom. The maximum absolute atomic E-state index is 11.0. The van der Waals surface area contributed by atoms with E-state index in [-0.39, 0.29) is 11.6 Å². The van der Waals surface area contributed by atoms with Crippen molar-refractivity contribution < 1.29 is 18.4 Å². The fourth-order valence-electron chi connectivity index (χ4n) is 2.91. The Morgan fingerprint density at radius 2 is 1.38 bits per heavy atom. The van der Waals surface area contributed by atoms with Crippen LogP contribution in [0.3, 0.4) is 0 Å². The number of oxazole rings is 2. The topological polar surface area (TPSA) is 130 Å². The number of carbonyl (C=O) groups excluding carboxylic acids is 1. The number of nitrogens with zero attached hydrogens (tertiary/aromatic N) is 6. The molecule has 32 heavy (non-hydrogen) atoms. The lowest BCUT2D eigenvalue weighted by molar-refractivity contribution is 0.111. The summed E-state index contributed by atoms with van der Waals surface area (Å²) >= 11 is 0. The lowest BCUT2D eigenvalue weighted by Crippen LogP contribution is -1.89. The summed E-state index contributed by atoms with van der Waals surface area (Å²) in [5.41, 5.74) is 2.17. The third-order valence-corrected chi connectivity index (χ3v) is 4.41. The normalized spacial score (nSPS) is 10.8. The van der Waals surface area contributed by atoms with Crippen LogP contribution < -0.4 is 4.74 Å². The van der Waals surface area contributed by atoms with E-state index >= 15 is 0 Å². The molecule has 5 aromatic rings. The molecule has 0 radical (unpaired) electrons. The summed E-state index contributed by atoms with van der Waals surface area (Å²) in [6.07, 6.45) is 6.83. The lowest BCUT2D eigenvalue weighted by atomic mass is 10.3. The van der Waals surface area contributed by atoms with Crippen LogP contribution in [-0.2, 0) is 0 Å². The van der Waals surface area contributed by atoms with Crippen molar-refractivity contribution in [2.75, 3.05) is 7.11 Å². The van der Waals surface area contributed by atoms with Gasteiger partial charge >= 0.3 is 0 Å². The number of carbonyl (C=O) groups is 1. The number of pyridine rings is 2. The van der Waals surface area contributed by atoms with E-state index in [1.165, 1.54) is 13.3 Å². The molecule has 5 aromatic heterocycles. The van der Waals surface area contributed by atoms with Gasteiger partial charge in [0.2, 0.25) is 17.7 Å². The Balaban J connectivity index is 1.44. The second-order valence-corrected chi connectivity index (χ2v) is 6.48. The van der Waals surface area contributed by atoms with Crippen molar-refractivity contribution in [3.05, 3.63) is 66.9 Å². The summed E-state index contributed by atoms with van der Waals surface area (Å²) in [5.74, 6) is 1.86. The highest BCUT2D eigenvalue weighted by molar-refractivity contribution is 5.73. The molecule has 0 aliphatic rings. The van der Waals surface area contributed by atoms with Crippen molar-refractivity contribution in [1.29, 1.82) is 0 Å². The molecule has 0 saturated heterocycles. The largest absolute Gasteiger partial charge is 0.481 e. The highest BCUT2D eigenvalue weighted by Crippen LogP contribution is 2.28. The summed E-state index contributed by atoms with van der Waals surface area (Å²) in [4.78, 5) is 36.7. The van der Waals surface area contributed by atoms with E-state index in [1.807, 2.05) is 0 Å². The van der Waals surface area contributed by atoms with Crippen LogP contribution in [0.15, 0.2) is 70.0 Å². The molecule has 10 nitrogen and oxygen atoms in total. The second kappa shape index (κ2) is 8.19. The maximum atomic E-state index is 11.0. The van der Waals surface area contributed by atoms with Crippen LogP contribution in [0.4, 0.5) is 0 Å². The van der Waals surface area contributed by atoms with Crippen LogP contribution >= 0.6 is 0 Å². The van der Waals surface area contributed by atoms with Crippen LogP contribution in [0.5, 0.6) is 5.88 Å². The molecule has 0 aliphatic carbocycles. The van der Waals surface area contributed by atoms with Gasteiger partial charge in [0.25, 0.3) is 0 Å².